The van der Waals surface area contributed by atoms with E-state index in [0.717, 1.165) is 27.2 Å². The highest BCUT2D eigenvalue weighted by atomic mass is 16.6. The van der Waals surface area contributed by atoms with E-state index in [1.54, 1.807) is 57.3 Å². The van der Waals surface area contributed by atoms with Crippen molar-refractivity contribution in [1.82, 2.24) is 20.5 Å². The van der Waals surface area contributed by atoms with Crippen molar-refractivity contribution in [3.8, 4) is 5.75 Å². The number of H-pyrrole nitrogens is 1. The number of fused-ring (bicyclic) bond motifs is 2. The number of alkyl carbamates (subject to hydrolysis) is 1. The van der Waals surface area contributed by atoms with Gasteiger partial charge in [0.15, 0.2) is 0 Å². The minimum absolute atomic E-state index is 0.0715. The van der Waals surface area contributed by atoms with Crippen LogP contribution < -0.4 is 21.1 Å². The summed E-state index contributed by atoms with van der Waals surface area (Å²) in [5.74, 6) is -4.88. The van der Waals surface area contributed by atoms with Gasteiger partial charge in [-0.1, -0.05) is 72.8 Å². The number of ether oxygens (including phenoxy) is 2. The molecule has 6 N–H and O–H groups in total. The van der Waals surface area contributed by atoms with Gasteiger partial charge in [-0.2, -0.15) is 0 Å². The van der Waals surface area contributed by atoms with Gasteiger partial charge in [-0.15, -0.1) is 0 Å². The lowest BCUT2D eigenvalue weighted by molar-refractivity contribution is -0.156. The summed E-state index contributed by atoms with van der Waals surface area (Å²) in [6, 6.07) is 22.5. The molecular formula is C43H47N5O9. The van der Waals surface area contributed by atoms with Crippen LogP contribution in [0.25, 0.3) is 21.7 Å². The number of amides is 5. The van der Waals surface area contributed by atoms with Crippen molar-refractivity contribution in [2.24, 2.45) is 5.73 Å². The molecule has 0 unspecified atom stereocenters. The van der Waals surface area contributed by atoms with Gasteiger partial charge in [-0.05, 0) is 79.3 Å². The third-order valence-electron chi connectivity index (χ3n) is 9.16. The predicted molar refractivity (Wildman–Crippen MR) is 213 cm³/mol. The molecule has 3 atom stereocenters. The van der Waals surface area contributed by atoms with E-state index in [2.05, 4.69) is 15.6 Å². The number of aliphatic carboxylic acids is 1. The van der Waals surface area contributed by atoms with E-state index in [1.165, 1.54) is 7.11 Å². The Hall–Kier alpha value is -6.54. The number of aromatic amines is 1. The van der Waals surface area contributed by atoms with Crippen LogP contribution in [-0.4, -0.2) is 81.5 Å². The SMILES string of the molecule is COc1ccc(CC(=O)N(C(=O)[C@H](Cc2c[nH]c3ccccc23)NC(=O)OC(C)(C)C)C(=O)[C@H](CCC(=O)O)NC(=O)[C@@H](N)Cc2ccc3ccccc3c2)cc1. The number of carboxylic acid groups (broad SMARTS) is 1. The molecule has 1 aromatic heterocycles. The first kappa shape index (κ1) is 41.6. The molecule has 14 heteroatoms. The monoisotopic (exact) mass is 777 g/mol. The standard InChI is InChI=1S/C43H47N5O9/c1-43(2,3)57-42(55)47-36(24-30-25-45-34-12-8-7-11-32(30)34)41(54)48(37(49)23-26-14-17-31(56-4)18-15-26)40(53)35(19-20-38(50)51)46-39(52)33(44)22-27-13-16-28-9-5-6-10-29(28)21-27/h5-18,21,25,33,35-36,45H,19-20,22-24,44H2,1-4H3,(H,46,52)(H,47,55)(H,50,51)/t33-,35-,36-/m0/s1. The Morgan fingerprint density at radius 2 is 1.46 bits per heavy atom. The van der Waals surface area contributed by atoms with Crippen LogP contribution in [0.4, 0.5) is 4.79 Å². The number of hydrogen-bond acceptors (Lipinski definition) is 9. The van der Waals surface area contributed by atoms with Gasteiger partial charge < -0.3 is 35.9 Å². The van der Waals surface area contributed by atoms with Crippen LogP contribution in [0.5, 0.6) is 5.75 Å². The largest absolute Gasteiger partial charge is 0.497 e. The summed E-state index contributed by atoms with van der Waals surface area (Å²) < 4.78 is 10.7. The smallest absolute Gasteiger partial charge is 0.408 e. The summed E-state index contributed by atoms with van der Waals surface area (Å²) in [6.45, 7) is 4.91. The minimum Gasteiger partial charge on any atom is -0.497 e. The van der Waals surface area contributed by atoms with Crippen LogP contribution in [-0.2, 0) is 48.0 Å². The number of para-hydroxylation sites is 1. The van der Waals surface area contributed by atoms with Gasteiger partial charge in [0.05, 0.1) is 19.6 Å². The molecule has 0 radical (unpaired) electrons. The van der Waals surface area contributed by atoms with Crippen LogP contribution in [0, 0.1) is 0 Å². The number of carbonyl (C=O) groups is 6. The van der Waals surface area contributed by atoms with Crippen molar-refractivity contribution in [1.29, 1.82) is 0 Å². The van der Waals surface area contributed by atoms with Crippen LogP contribution in [0.3, 0.4) is 0 Å². The third-order valence-corrected chi connectivity index (χ3v) is 9.16. The molecule has 5 amide bonds. The summed E-state index contributed by atoms with van der Waals surface area (Å²) in [7, 11) is 1.48. The highest BCUT2D eigenvalue weighted by molar-refractivity contribution is 6.15. The Labute approximate surface area is 329 Å². The third kappa shape index (κ3) is 11.3. The number of carboxylic acids is 1. The Balaban J connectivity index is 1.49. The highest BCUT2D eigenvalue weighted by Crippen LogP contribution is 2.22. The highest BCUT2D eigenvalue weighted by Gasteiger charge is 2.40. The molecule has 5 rings (SSSR count). The van der Waals surface area contributed by atoms with Crippen molar-refractivity contribution in [2.75, 3.05) is 7.11 Å². The maximum absolute atomic E-state index is 14.7. The summed E-state index contributed by atoms with van der Waals surface area (Å²) >= 11 is 0. The first-order chi connectivity index (χ1) is 27.1. The molecule has 0 fully saturated rings. The number of nitrogens with one attached hydrogen (secondary N) is 3. The van der Waals surface area contributed by atoms with Crippen molar-refractivity contribution in [3.05, 3.63) is 114 Å². The molecule has 0 bridgehead atoms. The molecule has 0 saturated heterocycles. The number of nitrogens with zero attached hydrogens (tertiary/aromatic N) is 1. The van der Waals surface area contributed by atoms with Gasteiger partial charge in [0.1, 0.15) is 23.4 Å². The normalized spacial score (nSPS) is 12.9. The van der Waals surface area contributed by atoms with Crippen LogP contribution in [0.1, 0.15) is 50.3 Å². The van der Waals surface area contributed by atoms with Crippen LogP contribution >= 0.6 is 0 Å². The molecule has 14 nitrogen and oxygen atoms in total. The zero-order valence-electron chi connectivity index (χ0n) is 32.2. The van der Waals surface area contributed by atoms with Gasteiger partial charge in [-0.3, -0.25) is 24.0 Å². The zero-order valence-corrected chi connectivity index (χ0v) is 32.2. The fourth-order valence-electron chi connectivity index (χ4n) is 6.35. The van der Waals surface area contributed by atoms with Crippen LogP contribution in [0.2, 0.25) is 0 Å². The Morgan fingerprint density at radius 3 is 2.14 bits per heavy atom. The number of methoxy groups -OCH3 is 1. The van der Waals surface area contributed by atoms with E-state index in [9.17, 15) is 33.9 Å². The van der Waals surface area contributed by atoms with Crippen molar-refractivity contribution in [3.63, 3.8) is 0 Å². The first-order valence-electron chi connectivity index (χ1n) is 18.5. The summed E-state index contributed by atoms with van der Waals surface area (Å²) in [4.78, 5) is 85.7. The van der Waals surface area contributed by atoms with E-state index in [1.807, 2.05) is 60.7 Å². The maximum Gasteiger partial charge on any atom is 0.408 e. The molecule has 57 heavy (non-hydrogen) atoms. The predicted octanol–water partition coefficient (Wildman–Crippen LogP) is 4.81. The average Bonchev–Trinajstić information content (AvgIpc) is 3.58. The molecule has 0 spiro atoms. The Bertz CT molecular complexity index is 2260. The fourth-order valence-corrected chi connectivity index (χ4v) is 6.35. The lowest BCUT2D eigenvalue weighted by Crippen LogP contribution is -2.60. The molecular weight excluding hydrogens is 730 g/mol. The lowest BCUT2D eigenvalue weighted by Gasteiger charge is -2.30. The van der Waals surface area contributed by atoms with E-state index in [4.69, 9.17) is 15.2 Å². The number of hydrogen-bond donors (Lipinski definition) is 5. The number of aromatic nitrogens is 1. The van der Waals surface area contributed by atoms with Gasteiger partial charge in [0, 0.05) is 29.9 Å². The minimum atomic E-state index is -1.67. The van der Waals surface area contributed by atoms with E-state index < -0.39 is 78.7 Å². The number of nitrogens with two attached hydrogens (primary N) is 1. The first-order valence-corrected chi connectivity index (χ1v) is 18.5. The molecule has 0 aliphatic heterocycles. The molecule has 4 aromatic carbocycles. The quantitative estimate of drug-likeness (QED) is 0.0980. The lowest BCUT2D eigenvalue weighted by atomic mass is 10.0. The summed E-state index contributed by atoms with van der Waals surface area (Å²) in [5, 5.41) is 17.3. The maximum atomic E-state index is 14.7. The topological polar surface area (TPSA) is 210 Å². The van der Waals surface area contributed by atoms with Crippen LogP contribution in [0.15, 0.2) is 97.2 Å². The molecule has 1 heterocycles. The molecule has 298 valence electrons. The molecule has 0 aliphatic carbocycles. The second-order valence-corrected chi connectivity index (χ2v) is 14.7. The average molecular weight is 778 g/mol. The number of carbonyl (C=O) groups excluding carboxylic acids is 5. The van der Waals surface area contributed by atoms with Crippen molar-refractivity contribution in [2.45, 2.75) is 76.6 Å². The molecule has 0 aliphatic rings. The number of rotatable bonds is 15. The Kier molecular flexibility index (Phi) is 13.4. The fraction of sp³-hybridized carbons (Fsp3) is 0.302. The van der Waals surface area contributed by atoms with Crippen molar-refractivity contribution >= 4 is 57.4 Å². The Morgan fingerprint density at radius 1 is 0.807 bits per heavy atom. The number of imide groups is 3. The van der Waals surface area contributed by atoms with E-state index in [-0.39, 0.29) is 12.8 Å². The summed E-state index contributed by atoms with van der Waals surface area (Å²) in [5.41, 5.74) is 7.86. The number of benzene rings is 4. The van der Waals surface area contributed by atoms with Gasteiger partial charge in [-0.25, -0.2) is 9.69 Å². The van der Waals surface area contributed by atoms with E-state index in [0.29, 0.717) is 21.8 Å². The second-order valence-electron chi connectivity index (χ2n) is 14.7. The van der Waals surface area contributed by atoms with Gasteiger partial charge >= 0.3 is 12.1 Å². The van der Waals surface area contributed by atoms with E-state index >= 15 is 0 Å². The zero-order chi connectivity index (χ0) is 41.3. The summed E-state index contributed by atoms with van der Waals surface area (Å²) in [6.07, 6.45) is -0.956. The molecule has 0 saturated carbocycles. The second kappa shape index (κ2) is 18.4. The molecule has 5 aromatic rings. The van der Waals surface area contributed by atoms with Crippen molar-refractivity contribution < 1.29 is 43.3 Å². The van der Waals surface area contributed by atoms with Gasteiger partial charge in [0.2, 0.25) is 11.8 Å². The van der Waals surface area contributed by atoms with Gasteiger partial charge in [0.25, 0.3) is 11.8 Å².